The van der Waals surface area contributed by atoms with Crippen molar-refractivity contribution in [3.05, 3.63) is 40.7 Å². The van der Waals surface area contributed by atoms with Gasteiger partial charge >= 0.3 is 0 Å². The number of aromatic nitrogens is 2. The molecule has 2 rings (SSSR count). The highest BCUT2D eigenvalue weighted by Crippen LogP contribution is 2.36. The van der Waals surface area contributed by atoms with Gasteiger partial charge in [-0.05, 0) is 6.07 Å². The molecule has 0 saturated heterocycles. The highest BCUT2D eigenvalue weighted by Gasteiger charge is 2.12. The molecule has 0 atom stereocenters. The van der Waals surface area contributed by atoms with Crippen LogP contribution in [0.15, 0.2) is 24.5 Å². The fourth-order valence-corrected chi connectivity index (χ4v) is 2.39. The van der Waals surface area contributed by atoms with Crippen LogP contribution in [-0.4, -0.2) is 16.9 Å². The van der Waals surface area contributed by atoms with Gasteiger partial charge in [-0.15, -0.1) is 0 Å². The number of ether oxygens (including phenoxy) is 2. The number of methoxy groups -OCH3 is 1. The molecule has 102 valence electrons. The standard InChI is InChI=1S/C13H14BrClN2O2/c1-17-7-9(6-16-17)8-19-13-10(5-14)3-11(15)4-12(13)18-2/h3-4,6-7H,5,8H2,1-2H3. The first-order valence-corrected chi connectivity index (χ1v) is 7.16. The molecule has 1 aromatic carbocycles. The highest BCUT2D eigenvalue weighted by molar-refractivity contribution is 9.08. The number of hydrogen-bond acceptors (Lipinski definition) is 3. The van der Waals surface area contributed by atoms with E-state index in [1.165, 1.54) is 0 Å². The Morgan fingerprint density at radius 1 is 1.42 bits per heavy atom. The average molecular weight is 346 g/mol. The van der Waals surface area contributed by atoms with Crippen molar-refractivity contribution < 1.29 is 9.47 Å². The lowest BCUT2D eigenvalue weighted by molar-refractivity contribution is 0.282. The van der Waals surface area contributed by atoms with Gasteiger partial charge in [0, 0.05) is 40.8 Å². The predicted molar refractivity (Wildman–Crippen MR) is 78.2 cm³/mol. The molecule has 19 heavy (non-hydrogen) atoms. The molecule has 0 N–H and O–H groups in total. The highest BCUT2D eigenvalue weighted by atomic mass is 79.9. The molecule has 1 heterocycles. The van der Waals surface area contributed by atoms with Crippen molar-refractivity contribution in [3.63, 3.8) is 0 Å². The Labute approximate surface area is 125 Å². The van der Waals surface area contributed by atoms with Crippen LogP contribution in [0.4, 0.5) is 0 Å². The summed E-state index contributed by atoms with van der Waals surface area (Å²) < 4.78 is 12.9. The maximum absolute atomic E-state index is 6.03. The minimum Gasteiger partial charge on any atom is -0.493 e. The third kappa shape index (κ3) is 3.42. The summed E-state index contributed by atoms with van der Waals surface area (Å²) in [6.45, 7) is 0.436. The van der Waals surface area contributed by atoms with Crippen molar-refractivity contribution in [2.24, 2.45) is 7.05 Å². The fraction of sp³-hybridized carbons (Fsp3) is 0.308. The normalized spacial score (nSPS) is 10.5. The van der Waals surface area contributed by atoms with Crippen LogP contribution < -0.4 is 9.47 Å². The molecule has 0 aliphatic heterocycles. The summed E-state index contributed by atoms with van der Waals surface area (Å²) in [5.41, 5.74) is 1.95. The van der Waals surface area contributed by atoms with Crippen molar-refractivity contribution in [2.45, 2.75) is 11.9 Å². The SMILES string of the molecule is COc1cc(Cl)cc(CBr)c1OCc1cnn(C)c1. The molecular weight excluding hydrogens is 332 g/mol. The lowest BCUT2D eigenvalue weighted by Gasteiger charge is -2.14. The molecule has 2 aromatic rings. The van der Waals surface area contributed by atoms with E-state index in [0.29, 0.717) is 28.5 Å². The second kappa shape index (κ2) is 6.30. The fourth-order valence-electron chi connectivity index (χ4n) is 1.74. The van der Waals surface area contributed by atoms with Crippen molar-refractivity contribution >= 4 is 27.5 Å². The minimum atomic E-state index is 0.436. The number of benzene rings is 1. The van der Waals surface area contributed by atoms with Gasteiger partial charge < -0.3 is 9.47 Å². The molecular formula is C13H14BrClN2O2. The first kappa shape index (κ1) is 14.2. The molecule has 0 saturated carbocycles. The largest absolute Gasteiger partial charge is 0.493 e. The molecule has 0 unspecified atom stereocenters. The number of hydrogen-bond donors (Lipinski definition) is 0. The molecule has 0 radical (unpaired) electrons. The number of nitrogens with zero attached hydrogens (tertiary/aromatic N) is 2. The van der Waals surface area contributed by atoms with Crippen LogP contribution in [0.1, 0.15) is 11.1 Å². The van der Waals surface area contributed by atoms with Gasteiger partial charge in [-0.3, -0.25) is 4.68 Å². The summed E-state index contributed by atoms with van der Waals surface area (Å²) in [5.74, 6) is 1.33. The van der Waals surface area contributed by atoms with Crippen LogP contribution in [0.25, 0.3) is 0 Å². The second-order valence-corrected chi connectivity index (χ2v) is 5.04. The van der Waals surface area contributed by atoms with Crippen LogP contribution in [0.5, 0.6) is 11.5 Å². The van der Waals surface area contributed by atoms with E-state index in [4.69, 9.17) is 21.1 Å². The van der Waals surface area contributed by atoms with E-state index < -0.39 is 0 Å². The van der Waals surface area contributed by atoms with Crippen LogP contribution in [0.2, 0.25) is 5.02 Å². The number of alkyl halides is 1. The van der Waals surface area contributed by atoms with E-state index in [1.54, 1.807) is 24.1 Å². The van der Waals surface area contributed by atoms with Gasteiger partial charge in [0.25, 0.3) is 0 Å². The Bertz CT molecular complexity index is 547. The maximum atomic E-state index is 6.03. The molecule has 1 aromatic heterocycles. The average Bonchev–Trinajstić information content (AvgIpc) is 2.81. The van der Waals surface area contributed by atoms with Gasteiger partial charge in [-0.2, -0.15) is 5.10 Å². The molecule has 0 bridgehead atoms. The lowest BCUT2D eigenvalue weighted by Crippen LogP contribution is -2.00. The van der Waals surface area contributed by atoms with Crippen molar-refractivity contribution in [1.82, 2.24) is 9.78 Å². The second-order valence-electron chi connectivity index (χ2n) is 4.04. The molecule has 0 amide bonds. The summed E-state index contributed by atoms with van der Waals surface area (Å²) in [6, 6.07) is 3.60. The topological polar surface area (TPSA) is 36.3 Å². The third-order valence-corrected chi connectivity index (χ3v) is 3.42. The minimum absolute atomic E-state index is 0.436. The number of aryl methyl sites for hydroxylation is 1. The molecule has 4 nitrogen and oxygen atoms in total. The van der Waals surface area contributed by atoms with Crippen molar-refractivity contribution in [3.8, 4) is 11.5 Å². The summed E-state index contributed by atoms with van der Waals surface area (Å²) >= 11 is 9.46. The van der Waals surface area contributed by atoms with E-state index in [1.807, 2.05) is 19.3 Å². The third-order valence-electron chi connectivity index (χ3n) is 2.60. The smallest absolute Gasteiger partial charge is 0.165 e. The van der Waals surface area contributed by atoms with Crippen LogP contribution >= 0.6 is 27.5 Å². The quantitative estimate of drug-likeness (QED) is 0.778. The van der Waals surface area contributed by atoms with Crippen LogP contribution in [-0.2, 0) is 19.0 Å². The summed E-state index contributed by atoms with van der Waals surface area (Å²) in [5, 5.41) is 5.37. The maximum Gasteiger partial charge on any atom is 0.165 e. The van der Waals surface area contributed by atoms with Gasteiger partial charge in [0.05, 0.1) is 13.3 Å². The van der Waals surface area contributed by atoms with Gasteiger partial charge in [0.15, 0.2) is 11.5 Å². The molecule has 0 aliphatic carbocycles. The zero-order valence-electron chi connectivity index (χ0n) is 10.7. The van der Waals surface area contributed by atoms with E-state index in [-0.39, 0.29) is 0 Å². The van der Waals surface area contributed by atoms with E-state index in [0.717, 1.165) is 11.1 Å². The Morgan fingerprint density at radius 3 is 2.79 bits per heavy atom. The summed E-state index contributed by atoms with van der Waals surface area (Å²) in [7, 11) is 3.47. The van der Waals surface area contributed by atoms with E-state index >= 15 is 0 Å². The summed E-state index contributed by atoms with van der Waals surface area (Å²) in [4.78, 5) is 0. The molecule has 0 spiro atoms. The van der Waals surface area contributed by atoms with Crippen LogP contribution in [0.3, 0.4) is 0 Å². The van der Waals surface area contributed by atoms with Crippen molar-refractivity contribution in [1.29, 1.82) is 0 Å². The van der Waals surface area contributed by atoms with E-state index in [2.05, 4.69) is 21.0 Å². The predicted octanol–water partition coefficient (Wildman–Crippen LogP) is 3.56. The molecule has 6 heteroatoms. The number of rotatable bonds is 5. The number of halogens is 2. The van der Waals surface area contributed by atoms with Crippen LogP contribution in [0, 0.1) is 0 Å². The Kier molecular flexibility index (Phi) is 4.71. The zero-order chi connectivity index (χ0) is 13.8. The van der Waals surface area contributed by atoms with E-state index in [9.17, 15) is 0 Å². The molecule has 0 aliphatic rings. The Hall–Kier alpha value is -1.20. The van der Waals surface area contributed by atoms with Gasteiger partial charge in [0.2, 0.25) is 0 Å². The zero-order valence-corrected chi connectivity index (χ0v) is 13.0. The molecule has 0 fully saturated rings. The Balaban J connectivity index is 2.23. The van der Waals surface area contributed by atoms with Gasteiger partial charge in [0.1, 0.15) is 6.61 Å². The first-order valence-electron chi connectivity index (χ1n) is 5.66. The lowest BCUT2D eigenvalue weighted by atomic mass is 10.2. The van der Waals surface area contributed by atoms with Gasteiger partial charge in [-0.25, -0.2) is 0 Å². The van der Waals surface area contributed by atoms with Gasteiger partial charge in [-0.1, -0.05) is 27.5 Å². The van der Waals surface area contributed by atoms with Crippen molar-refractivity contribution in [2.75, 3.05) is 7.11 Å². The first-order chi connectivity index (χ1) is 9.13. The monoisotopic (exact) mass is 344 g/mol. The summed E-state index contributed by atoms with van der Waals surface area (Å²) in [6.07, 6.45) is 3.69. The Morgan fingerprint density at radius 2 is 2.21 bits per heavy atom.